The van der Waals surface area contributed by atoms with Gasteiger partial charge in [0.05, 0.1) is 18.7 Å². The van der Waals surface area contributed by atoms with Crippen molar-refractivity contribution in [1.82, 2.24) is 4.90 Å². The molecule has 2 aliphatic rings. The lowest BCUT2D eigenvalue weighted by molar-refractivity contribution is 0.0482. The molecule has 1 aliphatic carbocycles. The van der Waals surface area contributed by atoms with Crippen LogP contribution in [0.15, 0.2) is 54.6 Å². The number of alkyl halides is 1. The van der Waals surface area contributed by atoms with Crippen molar-refractivity contribution in [3.63, 3.8) is 0 Å². The van der Waals surface area contributed by atoms with Crippen LogP contribution in [0.5, 0.6) is 0 Å². The summed E-state index contributed by atoms with van der Waals surface area (Å²) in [7, 11) is 1.33. The normalized spacial score (nSPS) is 25.5. The Morgan fingerprint density at radius 3 is 2.41 bits per heavy atom. The molecule has 4 rings (SSSR count). The molecule has 0 bridgehead atoms. The van der Waals surface area contributed by atoms with E-state index in [1.54, 1.807) is 17.0 Å². The number of piperidine rings is 1. The highest BCUT2D eigenvalue weighted by molar-refractivity contribution is 5.89. The molecule has 1 amide bonds. The minimum absolute atomic E-state index is 0.195. The Kier molecular flexibility index (Phi) is 5.26. The predicted molar refractivity (Wildman–Crippen MR) is 105 cm³/mol. The molecule has 0 aromatic heterocycles. The Hall–Kier alpha value is -2.89. The van der Waals surface area contributed by atoms with Gasteiger partial charge in [0.15, 0.2) is 0 Å². The van der Waals surface area contributed by atoms with Crippen molar-refractivity contribution in [3.8, 4) is 0 Å². The van der Waals surface area contributed by atoms with Crippen molar-refractivity contribution in [3.05, 3.63) is 71.3 Å². The van der Waals surface area contributed by atoms with Gasteiger partial charge < -0.3 is 14.4 Å². The van der Waals surface area contributed by atoms with Gasteiger partial charge >= 0.3 is 12.1 Å². The van der Waals surface area contributed by atoms with Crippen molar-refractivity contribution in [1.29, 1.82) is 0 Å². The van der Waals surface area contributed by atoms with E-state index in [0.29, 0.717) is 31.4 Å². The molecule has 0 radical (unpaired) electrons. The Morgan fingerprint density at radius 1 is 1.10 bits per heavy atom. The van der Waals surface area contributed by atoms with E-state index in [1.165, 1.54) is 7.11 Å². The summed E-state index contributed by atoms with van der Waals surface area (Å²) in [5.41, 5.74) is 1.89. The van der Waals surface area contributed by atoms with E-state index in [-0.39, 0.29) is 18.1 Å². The molecule has 152 valence electrons. The zero-order valence-corrected chi connectivity index (χ0v) is 16.3. The molecule has 1 heterocycles. The fourth-order valence-electron chi connectivity index (χ4n) is 4.14. The molecule has 29 heavy (non-hydrogen) atoms. The van der Waals surface area contributed by atoms with E-state index in [2.05, 4.69) is 0 Å². The zero-order chi connectivity index (χ0) is 20.4. The molecule has 3 unspecified atom stereocenters. The molecular formula is C23H24FNO4. The van der Waals surface area contributed by atoms with Gasteiger partial charge in [0.1, 0.15) is 12.8 Å². The minimum atomic E-state index is -0.804. The highest BCUT2D eigenvalue weighted by Gasteiger charge is 2.58. The van der Waals surface area contributed by atoms with Gasteiger partial charge in [-0.1, -0.05) is 42.5 Å². The van der Waals surface area contributed by atoms with E-state index < -0.39 is 18.2 Å². The fraction of sp³-hybridized carbons (Fsp3) is 0.391. The molecule has 2 fully saturated rings. The summed E-state index contributed by atoms with van der Waals surface area (Å²) in [5, 5.41) is 0. The van der Waals surface area contributed by atoms with Crippen LogP contribution in [0.1, 0.15) is 46.8 Å². The molecule has 1 saturated carbocycles. The van der Waals surface area contributed by atoms with Gasteiger partial charge in [0.2, 0.25) is 0 Å². The van der Waals surface area contributed by atoms with Crippen molar-refractivity contribution in [2.45, 2.75) is 38.1 Å². The zero-order valence-electron chi connectivity index (χ0n) is 16.3. The number of carbonyl (C=O) groups is 2. The average molecular weight is 397 g/mol. The van der Waals surface area contributed by atoms with Crippen LogP contribution in [-0.4, -0.2) is 36.8 Å². The largest absolute Gasteiger partial charge is 0.465 e. The maximum absolute atomic E-state index is 14.1. The average Bonchev–Trinajstić information content (AvgIpc) is 3.39. The Labute approximate surface area is 169 Å². The highest BCUT2D eigenvalue weighted by atomic mass is 19.1. The second-order valence-corrected chi connectivity index (χ2v) is 7.85. The Bertz CT molecular complexity index is 886. The summed E-state index contributed by atoms with van der Waals surface area (Å²) >= 11 is 0. The van der Waals surface area contributed by atoms with Gasteiger partial charge in [0, 0.05) is 12.0 Å². The third-order valence-electron chi connectivity index (χ3n) is 6.07. The SMILES string of the molecule is COC(=O)c1ccc(C2CC3(CCN2C(=O)OCc2ccccc2)CC3F)cc1. The predicted octanol–water partition coefficient (Wildman–Crippen LogP) is 4.68. The topological polar surface area (TPSA) is 55.8 Å². The number of amides is 1. The first-order chi connectivity index (χ1) is 14.0. The van der Waals surface area contributed by atoms with Crippen molar-refractivity contribution in [2.75, 3.05) is 13.7 Å². The van der Waals surface area contributed by atoms with Crippen LogP contribution in [-0.2, 0) is 16.1 Å². The maximum Gasteiger partial charge on any atom is 0.410 e. The summed E-state index contributed by atoms with van der Waals surface area (Å²) in [6.45, 7) is 0.651. The molecule has 1 saturated heterocycles. The lowest BCUT2D eigenvalue weighted by Crippen LogP contribution is -2.42. The number of halogens is 1. The van der Waals surface area contributed by atoms with E-state index in [1.807, 2.05) is 42.5 Å². The monoisotopic (exact) mass is 397 g/mol. The summed E-state index contributed by atoms with van der Waals surface area (Å²) in [6, 6.07) is 16.2. The number of ether oxygens (including phenoxy) is 2. The van der Waals surface area contributed by atoms with Crippen LogP contribution in [0.4, 0.5) is 9.18 Å². The van der Waals surface area contributed by atoms with Gasteiger partial charge in [-0.3, -0.25) is 0 Å². The molecular weight excluding hydrogens is 373 g/mol. The van der Waals surface area contributed by atoms with Crippen molar-refractivity contribution < 1.29 is 23.5 Å². The number of esters is 1. The lowest BCUT2D eigenvalue weighted by atomic mass is 9.84. The first-order valence-corrected chi connectivity index (χ1v) is 9.82. The van der Waals surface area contributed by atoms with Crippen molar-refractivity contribution >= 4 is 12.1 Å². The number of likely N-dealkylation sites (tertiary alicyclic amines) is 1. The summed E-state index contributed by atoms with van der Waals surface area (Å²) in [6.07, 6.45) is 0.553. The van der Waals surface area contributed by atoms with Crippen LogP contribution < -0.4 is 0 Å². The van der Waals surface area contributed by atoms with Gasteiger partial charge in [-0.05, 0) is 42.5 Å². The molecule has 1 aliphatic heterocycles. The van der Waals surface area contributed by atoms with Crippen LogP contribution >= 0.6 is 0 Å². The number of carbonyl (C=O) groups excluding carboxylic acids is 2. The van der Waals surface area contributed by atoms with Crippen LogP contribution in [0.3, 0.4) is 0 Å². The van der Waals surface area contributed by atoms with Crippen LogP contribution in [0, 0.1) is 5.41 Å². The number of hydrogen-bond acceptors (Lipinski definition) is 4. The number of hydrogen-bond donors (Lipinski definition) is 0. The fourth-order valence-corrected chi connectivity index (χ4v) is 4.14. The van der Waals surface area contributed by atoms with E-state index in [4.69, 9.17) is 9.47 Å². The number of methoxy groups -OCH3 is 1. The molecule has 6 heteroatoms. The van der Waals surface area contributed by atoms with Gasteiger partial charge in [-0.15, -0.1) is 0 Å². The first kappa shape index (κ1) is 19.4. The van der Waals surface area contributed by atoms with E-state index in [0.717, 1.165) is 11.1 Å². The van der Waals surface area contributed by atoms with Crippen molar-refractivity contribution in [2.24, 2.45) is 5.41 Å². The quantitative estimate of drug-likeness (QED) is 0.703. The Morgan fingerprint density at radius 2 is 1.79 bits per heavy atom. The second-order valence-electron chi connectivity index (χ2n) is 7.85. The number of nitrogens with zero attached hydrogens (tertiary/aromatic N) is 1. The van der Waals surface area contributed by atoms with Gasteiger partial charge in [-0.2, -0.15) is 0 Å². The van der Waals surface area contributed by atoms with E-state index >= 15 is 0 Å². The standard InChI is InChI=1S/C23H24FNO4/c1-28-21(26)18-9-7-17(8-10-18)19-13-23(14-20(23)24)11-12-25(19)22(27)29-15-16-5-3-2-4-6-16/h2-10,19-20H,11-15H2,1H3. The smallest absolute Gasteiger partial charge is 0.410 e. The molecule has 2 aromatic carbocycles. The van der Waals surface area contributed by atoms with Gasteiger partial charge in [-0.25, -0.2) is 14.0 Å². The first-order valence-electron chi connectivity index (χ1n) is 9.82. The third-order valence-corrected chi connectivity index (χ3v) is 6.07. The second kappa shape index (κ2) is 7.85. The summed E-state index contributed by atoms with van der Waals surface area (Å²) in [5.74, 6) is -0.415. The number of rotatable bonds is 4. The van der Waals surface area contributed by atoms with Crippen LogP contribution in [0.25, 0.3) is 0 Å². The molecule has 5 nitrogen and oxygen atoms in total. The molecule has 2 aromatic rings. The minimum Gasteiger partial charge on any atom is -0.465 e. The molecule has 1 spiro atoms. The van der Waals surface area contributed by atoms with Crippen LogP contribution in [0.2, 0.25) is 0 Å². The maximum atomic E-state index is 14.1. The van der Waals surface area contributed by atoms with Gasteiger partial charge in [0.25, 0.3) is 0 Å². The number of benzene rings is 2. The summed E-state index contributed by atoms with van der Waals surface area (Å²) < 4.78 is 24.3. The summed E-state index contributed by atoms with van der Waals surface area (Å²) in [4.78, 5) is 26.2. The lowest BCUT2D eigenvalue weighted by Gasteiger charge is -2.39. The highest BCUT2D eigenvalue weighted by Crippen LogP contribution is 2.60. The molecule has 0 N–H and O–H groups in total. The Balaban J connectivity index is 1.51. The third kappa shape index (κ3) is 3.97. The van der Waals surface area contributed by atoms with E-state index in [9.17, 15) is 14.0 Å². The molecule has 3 atom stereocenters.